The highest BCUT2D eigenvalue weighted by atomic mass is 16.5. The van der Waals surface area contributed by atoms with Gasteiger partial charge in [0.05, 0.1) is 25.5 Å². The van der Waals surface area contributed by atoms with Gasteiger partial charge < -0.3 is 19.3 Å². The summed E-state index contributed by atoms with van der Waals surface area (Å²) in [5.41, 5.74) is 1.97. The maximum atomic E-state index is 13.5. The molecule has 7 nitrogen and oxygen atoms in total. The van der Waals surface area contributed by atoms with Crippen LogP contribution in [0.4, 0.5) is 11.4 Å². The van der Waals surface area contributed by atoms with Crippen LogP contribution < -0.4 is 9.80 Å². The van der Waals surface area contributed by atoms with Gasteiger partial charge in [-0.05, 0) is 54.8 Å². The lowest BCUT2D eigenvalue weighted by atomic mass is 10.1. The van der Waals surface area contributed by atoms with Gasteiger partial charge in [-0.15, -0.1) is 0 Å². The zero-order valence-electron chi connectivity index (χ0n) is 20.3. The number of hydrogen-bond donors (Lipinski definition) is 0. The van der Waals surface area contributed by atoms with Crippen LogP contribution in [0.15, 0.2) is 102 Å². The van der Waals surface area contributed by atoms with E-state index >= 15 is 0 Å². The molecule has 1 aliphatic heterocycles. The van der Waals surface area contributed by atoms with Gasteiger partial charge in [0.25, 0.3) is 5.91 Å². The van der Waals surface area contributed by atoms with E-state index in [1.807, 2.05) is 49.4 Å². The summed E-state index contributed by atoms with van der Waals surface area (Å²) in [6, 6.07) is 20.7. The summed E-state index contributed by atoms with van der Waals surface area (Å²) in [6.07, 6.45) is 6.47. The van der Waals surface area contributed by atoms with Gasteiger partial charge >= 0.3 is 11.9 Å². The lowest BCUT2D eigenvalue weighted by molar-refractivity contribution is -0.139. The molecule has 0 spiro atoms. The third kappa shape index (κ3) is 4.63. The van der Waals surface area contributed by atoms with Crippen LogP contribution in [0.2, 0.25) is 0 Å². The standard InChI is InChI=1S/C29H26N2O5/c1-4-30(25-14-9-11-20-10-5-6-12-23(20)25)27(32)21-15-17-22(18-16-21)31-19-8-7-13-24(28(33)35-2)26(31)29(34)36-3/h5-19H,4H2,1-3H3. The van der Waals surface area contributed by atoms with Crippen LogP contribution in [0.5, 0.6) is 0 Å². The Morgan fingerprint density at radius 1 is 0.833 bits per heavy atom. The Morgan fingerprint density at radius 2 is 1.53 bits per heavy atom. The molecule has 4 rings (SSSR count). The molecule has 36 heavy (non-hydrogen) atoms. The largest absolute Gasteiger partial charge is 0.465 e. The van der Waals surface area contributed by atoms with Crippen molar-refractivity contribution >= 4 is 40.0 Å². The minimum Gasteiger partial charge on any atom is -0.465 e. The number of rotatable bonds is 6. The molecule has 0 unspecified atom stereocenters. The van der Waals surface area contributed by atoms with E-state index in [1.54, 1.807) is 47.5 Å². The fourth-order valence-electron chi connectivity index (χ4n) is 4.15. The molecule has 1 amide bonds. The van der Waals surface area contributed by atoms with E-state index in [1.165, 1.54) is 25.2 Å². The lowest BCUT2D eigenvalue weighted by Gasteiger charge is -2.25. The van der Waals surface area contributed by atoms with Gasteiger partial charge in [0.1, 0.15) is 5.70 Å². The average Bonchev–Trinajstić information content (AvgIpc) is 3.16. The number of fused-ring (bicyclic) bond motifs is 1. The molecule has 0 radical (unpaired) electrons. The van der Waals surface area contributed by atoms with E-state index in [0.717, 1.165) is 16.5 Å². The Balaban J connectivity index is 1.70. The van der Waals surface area contributed by atoms with E-state index in [2.05, 4.69) is 0 Å². The maximum Gasteiger partial charge on any atom is 0.355 e. The molecule has 1 aliphatic rings. The molecule has 0 aliphatic carbocycles. The first-order valence-corrected chi connectivity index (χ1v) is 11.4. The monoisotopic (exact) mass is 482 g/mol. The van der Waals surface area contributed by atoms with Crippen LogP contribution in [0.3, 0.4) is 0 Å². The van der Waals surface area contributed by atoms with Gasteiger partial charge in [-0.1, -0.05) is 42.5 Å². The van der Waals surface area contributed by atoms with E-state index in [9.17, 15) is 14.4 Å². The van der Waals surface area contributed by atoms with Crippen molar-refractivity contribution in [3.05, 3.63) is 108 Å². The number of methoxy groups -OCH3 is 2. The van der Waals surface area contributed by atoms with Crippen LogP contribution >= 0.6 is 0 Å². The van der Waals surface area contributed by atoms with Gasteiger partial charge in [0.15, 0.2) is 0 Å². The topological polar surface area (TPSA) is 76.2 Å². The number of carbonyl (C=O) groups excluding carboxylic acids is 3. The first-order valence-electron chi connectivity index (χ1n) is 11.4. The molecule has 3 aromatic carbocycles. The summed E-state index contributed by atoms with van der Waals surface area (Å²) >= 11 is 0. The Kier molecular flexibility index (Phi) is 7.30. The fourth-order valence-corrected chi connectivity index (χ4v) is 4.15. The zero-order valence-corrected chi connectivity index (χ0v) is 20.3. The summed E-state index contributed by atoms with van der Waals surface area (Å²) in [7, 11) is 2.49. The molecule has 0 saturated heterocycles. The number of hydrogen-bond acceptors (Lipinski definition) is 6. The van der Waals surface area contributed by atoms with Gasteiger partial charge in [-0.3, -0.25) is 4.79 Å². The average molecular weight is 483 g/mol. The summed E-state index contributed by atoms with van der Waals surface area (Å²) in [4.78, 5) is 41.8. The second-order valence-electron chi connectivity index (χ2n) is 7.91. The normalized spacial score (nSPS) is 12.9. The number of allylic oxidation sites excluding steroid dienone is 2. The van der Waals surface area contributed by atoms with Crippen LogP contribution in [0.1, 0.15) is 17.3 Å². The molecule has 1 heterocycles. The van der Waals surface area contributed by atoms with Crippen molar-refractivity contribution in [2.24, 2.45) is 0 Å². The second-order valence-corrected chi connectivity index (χ2v) is 7.91. The Morgan fingerprint density at radius 3 is 2.22 bits per heavy atom. The summed E-state index contributed by atoms with van der Waals surface area (Å²) in [5, 5.41) is 2.05. The molecule has 0 atom stereocenters. The van der Waals surface area contributed by atoms with Crippen LogP contribution in [0, 0.1) is 0 Å². The summed E-state index contributed by atoms with van der Waals surface area (Å²) in [5.74, 6) is -1.51. The number of ether oxygens (including phenoxy) is 2. The van der Waals surface area contributed by atoms with Crippen molar-refractivity contribution in [1.29, 1.82) is 0 Å². The first-order chi connectivity index (χ1) is 17.5. The number of carbonyl (C=O) groups is 3. The van der Waals surface area contributed by atoms with Crippen molar-refractivity contribution in [3.63, 3.8) is 0 Å². The van der Waals surface area contributed by atoms with E-state index in [0.29, 0.717) is 17.8 Å². The van der Waals surface area contributed by atoms with Gasteiger partial charge in [-0.25, -0.2) is 9.59 Å². The molecule has 0 N–H and O–H groups in total. The predicted molar refractivity (Wildman–Crippen MR) is 140 cm³/mol. The Hall–Kier alpha value is -4.65. The van der Waals surface area contributed by atoms with Crippen molar-refractivity contribution in [3.8, 4) is 0 Å². The van der Waals surface area contributed by atoms with Crippen LogP contribution in [-0.4, -0.2) is 38.6 Å². The predicted octanol–water partition coefficient (Wildman–Crippen LogP) is 5.00. The molecule has 0 bridgehead atoms. The van der Waals surface area contributed by atoms with Crippen molar-refractivity contribution in [1.82, 2.24) is 0 Å². The van der Waals surface area contributed by atoms with E-state index in [4.69, 9.17) is 9.47 Å². The smallest absolute Gasteiger partial charge is 0.355 e. The first kappa shape index (κ1) is 24.5. The highest BCUT2D eigenvalue weighted by Crippen LogP contribution is 2.30. The summed E-state index contributed by atoms with van der Waals surface area (Å²) < 4.78 is 9.79. The third-order valence-electron chi connectivity index (χ3n) is 5.90. The number of amides is 1. The zero-order chi connectivity index (χ0) is 25.7. The Labute approximate surface area is 209 Å². The molecular weight excluding hydrogens is 456 g/mol. The maximum absolute atomic E-state index is 13.5. The molecule has 182 valence electrons. The SMILES string of the molecule is CCN(C(=O)c1ccc(N2C=CC=CC(C(=O)OC)=C2C(=O)OC)cc1)c1cccc2ccccc12. The van der Waals surface area contributed by atoms with Crippen LogP contribution in [0.25, 0.3) is 10.8 Å². The fraction of sp³-hybridized carbons (Fsp3) is 0.138. The minimum absolute atomic E-state index is 0.0133. The second kappa shape index (κ2) is 10.7. The number of anilines is 2. The number of esters is 2. The van der Waals surface area contributed by atoms with Crippen molar-refractivity contribution < 1.29 is 23.9 Å². The highest BCUT2D eigenvalue weighted by molar-refractivity contribution is 6.11. The van der Waals surface area contributed by atoms with E-state index < -0.39 is 11.9 Å². The van der Waals surface area contributed by atoms with Gasteiger partial charge in [0, 0.05) is 29.4 Å². The molecule has 0 saturated carbocycles. The van der Waals surface area contributed by atoms with Gasteiger partial charge in [-0.2, -0.15) is 0 Å². The molecular formula is C29H26N2O5. The quantitative estimate of drug-likeness (QED) is 0.461. The number of benzene rings is 3. The molecule has 0 aromatic heterocycles. The third-order valence-corrected chi connectivity index (χ3v) is 5.90. The molecule has 0 fully saturated rings. The minimum atomic E-state index is -0.695. The Bertz CT molecular complexity index is 1400. The van der Waals surface area contributed by atoms with Crippen LogP contribution in [-0.2, 0) is 19.1 Å². The molecule has 3 aromatic rings. The molecule has 7 heteroatoms. The van der Waals surface area contributed by atoms with E-state index in [-0.39, 0.29) is 17.2 Å². The number of nitrogens with zero attached hydrogens (tertiary/aromatic N) is 2. The van der Waals surface area contributed by atoms with Crippen molar-refractivity contribution in [2.75, 3.05) is 30.6 Å². The van der Waals surface area contributed by atoms with Crippen molar-refractivity contribution in [2.45, 2.75) is 6.92 Å². The van der Waals surface area contributed by atoms with Gasteiger partial charge in [0.2, 0.25) is 0 Å². The highest BCUT2D eigenvalue weighted by Gasteiger charge is 2.27. The lowest BCUT2D eigenvalue weighted by Crippen LogP contribution is -2.31. The summed E-state index contributed by atoms with van der Waals surface area (Å²) in [6.45, 7) is 2.43.